The molecule has 12 nitrogen and oxygen atoms in total. The van der Waals surface area contributed by atoms with E-state index in [1.54, 1.807) is 18.9 Å². The number of rotatable bonds is 6. The average Bonchev–Trinajstić information content (AvgIpc) is 3.32. The molecule has 13 heteroatoms. The quantitative estimate of drug-likeness (QED) is 0.482. The first-order valence-electron chi connectivity index (χ1n) is 8.70. The number of aromatic nitrogens is 4. The van der Waals surface area contributed by atoms with E-state index in [1.165, 1.54) is 32.3 Å². The van der Waals surface area contributed by atoms with E-state index >= 15 is 0 Å². The molecule has 0 radical (unpaired) electrons. The van der Waals surface area contributed by atoms with Gasteiger partial charge in [-0.05, 0) is 6.42 Å². The van der Waals surface area contributed by atoms with Gasteiger partial charge >= 0.3 is 5.69 Å². The summed E-state index contributed by atoms with van der Waals surface area (Å²) in [6.45, 7) is 2.59. The standard InChI is InChI=1S/C15H21N7O5S/c1-3-14(21-10-12(8-17-21)22(24)25)15(23)19-4-6-20(7-5-19)28(26,27)13-9-16-18(2)11-13/h8-11,14H,3-7H2,1-2H3. The van der Waals surface area contributed by atoms with Gasteiger partial charge in [-0.2, -0.15) is 14.5 Å². The van der Waals surface area contributed by atoms with Gasteiger partial charge in [-0.25, -0.2) is 8.42 Å². The Morgan fingerprint density at radius 3 is 2.39 bits per heavy atom. The van der Waals surface area contributed by atoms with E-state index in [0.29, 0.717) is 6.42 Å². The van der Waals surface area contributed by atoms with Crippen molar-refractivity contribution >= 4 is 21.6 Å². The van der Waals surface area contributed by atoms with Crippen molar-refractivity contribution in [3.63, 3.8) is 0 Å². The minimum Gasteiger partial charge on any atom is -0.338 e. The lowest BCUT2D eigenvalue weighted by molar-refractivity contribution is -0.385. The van der Waals surface area contributed by atoms with Gasteiger partial charge in [0.1, 0.15) is 23.3 Å². The highest BCUT2D eigenvalue weighted by Gasteiger charge is 2.33. The number of sulfonamides is 1. The van der Waals surface area contributed by atoms with Crippen LogP contribution in [0.5, 0.6) is 0 Å². The Hall–Kier alpha value is -2.80. The molecule has 0 N–H and O–H groups in total. The van der Waals surface area contributed by atoms with Crippen LogP contribution in [0.2, 0.25) is 0 Å². The Kier molecular flexibility index (Phi) is 5.47. The van der Waals surface area contributed by atoms with Gasteiger partial charge in [0.25, 0.3) is 0 Å². The molecule has 1 amide bonds. The fourth-order valence-electron chi connectivity index (χ4n) is 3.11. The molecule has 2 aromatic heterocycles. The number of aryl methyl sites for hydroxylation is 1. The summed E-state index contributed by atoms with van der Waals surface area (Å²) in [5, 5.41) is 18.7. The molecule has 3 rings (SSSR count). The summed E-state index contributed by atoms with van der Waals surface area (Å²) in [4.78, 5) is 24.8. The summed E-state index contributed by atoms with van der Waals surface area (Å²) in [6.07, 6.45) is 5.48. The van der Waals surface area contributed by atoms with Crippen molar-refractivity contribution in [1.29, 1.82) is 0 Å². The summed E-state index contributed by atoms with van der Waals surface area (Å²) >= 11 is 0. The van der Waals surface area contributed by atoms with Crippen molar-refractivity contribution in [1.82, 2.24) is 28.8 Å². The van der Waals surface area contributed by atoms with E-state index in [-0.39, 0.29) is 42.7 Å². The number of piperazine rings is 1. The molecule has 1 saturated heterocycles. The third-order valence-corrected chi connectivity index (χ3v) is 6.51. The summed E-state index contributed by atoms with van der Waals surface area (Å²) < 4.78 is 29.3. The Labute approximate surface area is 161 Å². The number of carbonyl (C=O) groups excluding carboxylic acids is 1. The second-order valence-corrected chi connectivity index (χ2v) is 8.38. The van der Waals surface area contributed by atoms with Crippen LogP contribution in [0.4, 0.5) is 5.69 Å². The summed E-state index contributed by atoms with van der Waals surface area (Å²) in [7, 11) is -2.02. The Bertz CT molecular complexity index is 975. The monoisotopic (exact) mass is 411 g/mol. The van der Waals surface area contributed by atoms with Crippen LogP contribution >= 0.6 is 0 Å². The molecule has 1 fully saturated rings. The molecular weight excluding hydrogens is 390 g/mol. The van der Waals surface area contributed by atoms with Gasteiger partial charge in [-0.1, -0.05) is 6.92 Å². The van der Waals surface area contributed by atoms with Crippen LogP contribution in [0.1, 0.15) is 19.4 Å². The highest BCUT2D eigenvalue weighted by molar-refractivity contribution is 7.89. The summed E-state index contributed by atoms with van der Waals surface area (Å²) in [6, 6.07) is -0.671. The molecule has 0 aliphatic carbocycles. The second-order valence-electron chi connectivity index (χ2n) is 6.44. The van der Waals surface area contributed by atoms with Crippen molar-refractivity contribution in [3.05, 3.63) is 34.9 Å². The van der Waals surface area contributed by atoms with E-state index in [0.717, 1.165) is 6.20 Å². The first-order chi connectivity index (χ1) is 13.2. The number of hydrogen-bond acceptors (Lipinski definition) is 7. The molecule has 152 valence electrons. The van der Waals surface area contributed by atoms with Gasteiger partial charge < -0.3 is 4.90 Å². The maximum absolute atomic E-state index is 12.9. The molecule has 2 aromatic rings. The Morgan fingerprint density at radius 1 is 1.21 bits per heavy atom. The van der Waals surface area contributed by atoms with Crippen molar-refractivity contribution in [3.8, 4) is 0 Å². The number of carbonyl (C=O) groups is 1. The van der Waals surface area contributed by atoms with Gasteiger partial charge in [0.2, 0.25) is 15.9 Å². The SMILES string of the molecule is CCC(C(=O)N1CCN(S(=O)(=O)c2cnn(C)c2)CC1)n1cc([N+](=O)[O-])cn1. The normalized spacial score (nSPS) is 16.9. The Balaban J connectivity index is 1.67. The van der Waals surface area contributed by atoms with E-state index < -0.39 is 21.0 Å². The minimum absolute atomic E-state index is 0.116. The smallest absolute Gasteiger partial charge is 0.307 e. The molecule has 0 spiro atoms. The third kappa shape index (κ3) is 3.75. The average molecular weight is 411 g/mol. The highest BCUT2D eigenvalue weighted by atomic mass is 32.2. The second kappa shape index (κ2) is 7.67. The first kappa shape index (κ1) is 19.9. The fourth-order valence-corrected chi connectivity index (χ4v) is 4.52. The molecule has 1 atom stereocenters. The maximum atomic E-state index is 12.9. The maximum Gasteiger partial charge on any atom is 0.307 e. The van der Waals surface area contributed by atoms with Gasteiger partial charge in [0, 0.05) is 39.4 Å². The molecule has 28 heavy (non-hydrogen) atoms. The van der Waals surface area contributed by atoms with E-state index in [9.17, 15) is 23.3 Å². The van der Waals surface area contributed by atoms with E-state index in [2.05, 4.69) is 10.2 Å². The molecule has 0 saturated carbocycles. The molecule has 0 bridgehead atoms. The van der Waals surface area contributed by atoms with Crippen LogP contribution in [0.25, 0.3) is 0 Å². The number of nitrogens with zero attached hydrogens (tertiary/aromatic N) is 7. The van der Waals surface area contributed by atoms with Crippen LogP contribution in [0.3, 0.4) is 0 Å². The van der Waals surface area contributed by atoms with Gasteiger partial charge in [0.15, 0.2) is 0 Å². The third-order valence-electron chi connectivity index (χ3n) is 4.66. The molecule has 1 aliphatic heterocycles. The van der Waals surface area contributed by atoms with E-state index in [1.807, 2.05) is 0 Å². The number of amides is 1. The summed E-state index contributed by atoms with van der Waals surface area (Å²) in [5.41, 5.74) is -0.182. The van der Waals surface area contributed by atoms with Crippen LogP contribution in [-0.2, 0) is 21.9 Å². The van der Waals surface area contributed by atoms with E-state index in [4.69, 9.17) is 0 Å². The predicted octanol–water partition coefficient (Wildman–Crippen LogP) is 0.00900. The van der Waals surface area contributed by atoms with Crippen LogP contribution in [0.15, 0.2) is 29.7 Å². The first-order valence-corrected chi connectivity index (χ1v) is 10.1. The van der Waals surface area contributed by atoms with Gasteiger partial charge in [0.05, 0.1) is 11.1 Å². The molecule has 1 unspecified atom stereocenters. The van der Waals surface area contributed by atoms with Crippen LogP contribution < -0.4 is 0 Å². The van der Waals surface area contributed by atoms with Crippen LogP contribution in [-0.4, -0.2) is 74.2 Å². The molecule has 0 aromatic carbocycles. The summed E-state index contributed by atoms with van der Waals surface area (Å²) in [5.74, 6) is -0.237. The largest absolute Gasteiger partial charge is 0.338 e. The number of nitro groups is 1. The van der Waals surface area contributed by atoms with Crippen molar-refractivity contribution in [2.75, 3.05) is 26.2 Å². The zero-order valence-corrected chi connectivity index (χ0v) is 16.3. The van der Waals surface area contributed by atoms with Crippen molar-refractivity contribution in [2.45, 2.75) is 24.3 Å². The molecule has 3 heterocycles. The lowest BCUT2D eigenvalue weighted by Crippen LogP contribution is -2.52. The fraction of sp³-hybridized carbons (Fsp3) is 0.533. The molecule has 1 aliphatic rings. The van der Waals surface area contributed by atoms with Gasteiger partial charge in [-0.15, -0.1) is 0 Å². The van der Waals surface area contributed by atoms with Crippen molar-refractivity contribution in [2.24, 2.45) is 7.05 Å². The lowest BCUT2D eigenvalue weighted by atomic mass is 10.2. The molecular formula is C15H21N7O5S. The van der Waals surface area contributed by atoms with Gasteiger partial charge in [-0.3, -0.25) is 24.3 Å². The zero-order chi connectivity index (χ0) is 20.5. The predicted molar refractivity (Wildman–Crippen MR) is 96.8 cm³/mol. The Morgan fingerprint density at radius 2 is 1.89 bits per heavy atom. The lowest BCUT2D eigenvalue weighted by Gasteiger charge is -2.35. The van der Waals surface area contributed by atoms with Crippen LogP contribution in [0, 0.1) is 10.1 Å². The minimum atomic E-state index is -3.65. The zero-order valence-electron chi connectivity index (χ0n) is 15.5. The number of hydrogen-bond donors (Lipinski definition) is 0. The topological polar surface area (TPSA) is 136 Å². The van der Waals surface area contributed by atoms with Crippen molar-refractivity contribution < 1.29 is 18.1 Å². The highest BCUT2D eigenvalue weighted by Crippen LogP contribution is 2.21.